The second kappa shape index (κ2) is 12.4. The van der Waals surface area contributed by atoms with Gasteiger partial charge in [0.15, 0.2) is 0 Å². The molecule has 0 saturated carbocycles. The van der Waals surface area contributed by atoms with E-state index in [9.17, 15) is 22.4 Å². The molecule has 1 N–H and O–H groups in total. The predicted octanol–water partition coefficient (Wildman–Crippen LogP) is 4.23. The summed E-state index contributed by atoms with van der Waals surface area (Å²) in [5.74, 6) is -1.45. The molecule has 1 atom stereocenters. The molecule has 2 aromatic carbocycles. The van der Waals surface area contributed by atoms with Crippen LogP contribution in [0.3, 0.4) is 0 Å². The van der Waals surface area contributed by atoms with Crippen LogP contribution in [0.25, 0.3) is 0 Å². The minimum Gasteiger partial charge on any atom is -0.354 e. The van der Waals surface area contributed by atoms with Crippen molar-refractivity contribution < 1.29 is 22.4 Å². The van der Waals surface area contributed by atoms with Crippen LogP contribution < -0.4 is 9.62 Å². The van der Waals surface area contributed by atoms with E-state index in [0.717, 1.165) is 23.4 Å². The Kier molecular flexibility index (Phi) is 10.1. The highest BCUT2D eigenvalue weighted by Crippen LogP contribution is 2.33. The normalized spacial score (nSPS) is 12.2. The van der Waals surface area contributed by atoms with Crippen molar-refractivity contribution in [2.24, 2.45) is 0 Å². The van der Waals surface area contributed by atoms with E-state index in [-0.39, 0.29) is 28.2 Å². The van der Waals surface area contributed by atoms with Gasteiger partial charge in [0.1, 0.15) is 18.4 Å². The zero-order valence-electron chi connectivity index (χ0n) is 19.2. The Morgan fingerprint density at radius 3 is 2.35 bits per heavy atom. The number of sulfonamides is 1. The van der Waals surface area contributed by atoms with E-state index in [2.05, 4.69) is 5.32 Å². The molecule has 0 aliphatic heterocycles. The maximum Gasteiger partial charge on any atom is 0.244 e. The Morgan fingerprint density at radius 2 is 1.76 bits per heavy atom. The Hall–Kier alpha value is -2.36. The number of hydrogen-bond donors (Lipinski definition) is 1. The molecule has 1 unspecified atom stereocenters. The summed E-state index contributed by atoms with van der Waals surface area (Å²) < 4.78 is 39.3. The predicted molar refractivity (Wildman–Crippen MR) is 133 cm³/mol. The highest BCUT2D eigenvalue weighted by molar-refractivity contribution is 7.92. The summed E-state index contributed by atoms with van der Waals surface area (Å²) in [5.41, 5.74) is 0.626. The maximum atomic E-state index is 13.4. The number of rotatable bonds is 11. The lowest BCUT2D eigenvalue weighted by molar-refractivity contribution is -0.139. The number of benzene rings is 2. The first-order valence-corrected chi connectivity index (χ1v) is 13.3. The SMILES string of the molecule is CCCCNC(=O)C(C)N(Cc1ccc(F)cc1)C(=O)CN(c1cccc(Cl)c1Cl)S(C)(=O)=O. The number of anilines is 1. The van der Waals surface area contributed by atoms with E-state index < -0.39 is 34.3 Å². The van der Waals surface area contributed by atoms with E-state index in [1.807, 2.05) is 6.92 Å². The van der Waals surface area contributed by atoms with Crippen molar-refractivity contribution in [1.82, 2.24) is 10.2 Å². The van der Waals surface area contributed by atoms with Crippen LogP contribution in [0.5, 0.6) is 0 Å². The van der Waals surface area contributed by atoms with Crippen LogP contribution in [0, 0.1) is 5.82 Å². The van der Waals surface area contributed by atoms with Gasteiger partial charge in [-0.15, -0.1) is 0 Å². The molecular weight excluding hydrogens is 504 g/mol. The third-order valence-corrected chi connectivity index (χ3v) is 7.08. The molecule has 0 aliphatic rings. The van der Waals surface area contributed by atoms with E-state index in [1.165, 1.54) is 47.4 Å². The topological polar surface area (TPSA) is 86.8 Å². The third-order valence-electron chi connectivity index (χ3n) is 5.14. The van der Waals surface area contributed by atoms with Gasteiger partial charge in [0, 0.05) is 13.1 Å². The molecule has 0 bridgehead atoms. The number of carbonyl (C=O) groups is 2. The zero-order chi connectivity index (χ0) is 25.5. The molecule has 2 aromatic rings. The average Bonchev–Trinajstić information content (AvgIpc) is 2.78. The fourth-order valence-electron chi connectivity index (χ4n) is 3.18. The van der Waals surface area contributed by atoms with Crippen LogP contribution in [-0.2, 0) is 26.2 Å². The summed E-state index contributed by atoms with van der Waals surface area (Å²) in [6, 6.07) is 9.04. The van der Waals surface area contributed by atoms with Gasteiger partial charge in [0.2, 0.25) is 21.8 Å². The van der Waals surface area contributed by atoms with Gasteiger partial charge in [-0.05, 0) is 43.2 Å². The maximum absolute atomic E-state index is 13.4. The highest BCUT2D eigenvalue weighted by atomic mass is 35.5. The second-order valence-electron chi connectivity index (χ2n) is 7.81. The molecular formula is C23H28Cl2FN3O4S. The zero-order valence-corrected chi connectivity index (χ0v) is 21.6. The van der Waals surface area contributed by atoms with Crippen LogP contribution in [0.15, 0.2) is 42.5 Å². The number of nitrogens with one attached hydrogen (secondary N) is 1. The van der Waals surface area contributed by atoms with Crippen molar-refractivity contribution in [1.29, 1.82) is 0 Å². The Morgan fingerprint density at radius 1 is 1.12 bits per heavy atom. The summed E-state index contributed by atoms with van der Waals surface area (Å²) in [7, 11) is -3.94. The Labute approximate surface area is 209 Å². The number of halogens is 3. The molecule has 0 aliphatic carbocycles. The molecule has 0 heterocycles. The van der Waals surface area contributed by atoms with Crippen LogP contribution in [0.4, 0.5) is 10.1 Å². The van der Waals surface area contributed by atoms with Crippen LogP contribution in [-0.4, -0.2) is 50.5 Å². The van der Waals surface area contributed by atoms with E-state index in [1.54, 1.807) is 6.92 Å². The molecule has 34 heavy (non-hydrogen) atoms. The molecule has 11 heteroatoms. The number of hydrogen-bond acceptors (Lipinski definition) is 4. The quantitative estimate of drug-likeness (QED) is 0.439. The summed E-state index contributed by atoms with van der Waals surface area (Å²) in [6.45, 7) is 3.36. The number of amides is 2. The fraction of sp³-hybridized carbons (Fsp3) is 0.391. The molecule has 186 valence electrons. The first-order chi connectivity index (χ1) is 16.0. The molecule has 0 aromatic heterocycles. The van der Waals surface area contributed by atoms with Crippen LogP contribution in [0.2, 0.25) is 10.0 Å². The van der Waals surface area contributed by atoms with Gasteiger partial charge in [-0.2, -0.15) is 0 Å². The lowest BCUT2D eigenvalue weighted by atomic mass is 10.1. The van der Waals surface area contributed by atoms with Gasteiger partial charge < -0.3 is 10.2 Å². The van der Waals surface area contributed by atoms with Crippen molar-refractivity contribution in [3.05, 3.63) is 63.9 Å². The Balaban J connectivity index is 2.38. The monoisotopic (exact) mass is 531 g/mol. The van der Waals surface area contributed by atoms with E-state index in [4.69, 9.17) is 23.2 Å². The Bertz CT molecular complexity index is 1110. The lowest BCUT2D eigenvalue weighted by Crippen LogP contribution is -2.51. The molecule has 2 rings (SSSR count). The van der Waals surface area contributed by atoms with Crippen molar-refractivity contribution in [2.45, 2.75) is 39.3 Å². The number of carbonyl (C=O) groups excluding carboxylic acids is 2. The van der Waals surface area contributed by atoms with Crippen LogP contribution in [0.1, 0.15) is 32.3 Å². The minimum absolute atomic E-state index is 0.0159. The first-order valence-electron chi connectivity index (χ1n) is 10.7. The molecule has 0 saturated heterocycles. The van der Waals surface area contributed by atoms with Gasteiger partial charge in [-0.1, -0.05) is 54.7 Å². The number of nitrogens with zero attached hydrogens (tertiary/aromatic N) is 2. The standard InChI is InChI=1S/C23H28Cl2FN3O4S/c1-4-5-13-27-23(31)16(2)28(14-17-9-11-18(26)12-10-17)21(30)15-29(34(3,32)33)20-8-6-7-19(24)22(20)25/h6-12,16H,4-5,13-15H2,1-3H3,(H,27,31). The summed E-state index contributed by atoms with van der Waals surface area (Å²) in [6.07, 6.45) is 2.61. The van der Waals surface area contributed by atoms with Crippen molar-refractivity contribution in [3.8, 4) is 0 Å². The largest absolute Gasteiger partial charge is 0.354 e. The third kappa shape index (κ3) is 7.58. The second-order valence-corrected chi connectivity index (χ2v) is 10.5. The first kappa shape index (κ1) is 27.9. The summed E-state index contributed by atoms with van der Waals surface area (Å²) in [5, 5.41) is 2.90. The van der Waals surface area contributed by atoms with Gasteiger partial charge in [0.05, 0.1) is 22.0 Å². The molecule has 0 radical (unpaired) electrons. The van der Waals surface area contributed by atoms with E-state index >= 15 is 0 Å². The van der Waals surface area contributed by atoms with Crippen LogP contribution >= 0.6 is 23.2 Å². The van der Waals surface area contributed by atoms with Gasteiger partial charge in [-0.25, -0.2) is 12.8 Å². The van der Waals surface area contributed by atoms with Gasteiger partial charge >= 0.3 is 0 Å². The van der Waals surface area contributed by atoms with Gasteiger partial charge in [0.25, 0.3) is 0 Å². The fourth-order valence-corrected chi connectivity index (χ4v) is 4.49. The lowest BCUT2D eigenvalue weighted by Gasteiger charge is -2.31. The highest BCUT2D eigenvalue weighted by Gasteiger charge is 2.31. The minimum atomic E-state index is -3.94. The van der Waals surface area contributed by atoms with Gasteiger partial charge in [-0.3, -0.25) is 13.9 Å². The summed E-state index contributed by atoms with van der Waals surface area (Å²) >= 11 is 12.3. The average molecular weight is 532 g/mol. The van der Waals surface area contributed by atoms with E-state index in [0.29, 0.717) is 12.1 Å². The molecule has 0 spiro atoms. The van der Waals surface area contributed by atoms with Crippen molar-refractivity contribution in [2.75, 3.05) is 23.7 Å². The van der Waals surface area contributed by atoms with Crippen molar-refractivity contribution >= 4 is 50.7 Å². The summed E-state index contributed by atoms with van der Waals surface area (Å²) in [4.78, 5) is 27.4. The molecule has 0 fully saturated rings. The smallest absolute Gasteiger partial charge is 0.244 e. The van der Waals surface area contributed by atoms with Crippen molar-refractivity contribution in [3.63, 3.8) is 0 Å². The molecule has 2 amide bonds. The molecule has 7 nitrogen and oxygen atoms in total. The number of unbranched alkanes of at least 4 members (excludes halogenated alkanes) is 1.